The normalized spacial score (nSPS) is 18.2. The molecular formula is C18H19NO7S. The lowest BCUT2D eigenvalue weighted by Crippen LogP contribution is -2.42. The van der Waals surface area contributed by atoms with Crippen LogP contribution in [0.25, 0.3) is 6.08 Å². The van der Waals surface area contributed by atoms with Crippen molar-refractivity contribution >= 4 is 35.0 Å². The highest BCUT2D eigenvalue weighted by molar-refractivity contribution is 8.18. The Labute approximate surface area is 160 Å². The van der Waals surface area contributed by atoms with Gasteiger partial charge in [-0.25, -0.2) is 4.79 Å². The standard InChI is InChI=1S/C18H19NO7S/c1-4-23-12-8-14-13(25-9-26-14)6-11(12)7-15-16(20)19(18(22)27-15)10(3)17(21)24-5-2/h6-8,10H,4-5,9H2,1-3H3/b15-7-. The highest BCUT2D eigenvalue weighted by atomic mass is 32.2. The van der Waals surface area contributed by atoms with Gasteiger partial charge in [-0.05, 0) is 44.7 Å². The van der Waals surface area contributed by atoms with Crippen LogP contribution in [0, 0.1) is 0 Å². The van der Waals surface area contributed by atoms with Gasteiger partial charge in [0.2, 0.25) is 6.79 Å². The average Bonchev–Trinajstić information content (AvgIpc) is 3.19. The molecule has 0 aliphatic carbocycles. The summed E-state index contributed by atoms with van der Waals surface area (Å²) in [5.74, 6) is 0.417. The number of benzene rings is 1. The maximum Gasteiger partial charge on any atom is 0.329 e. The van der Waals surface area contributed by atoms with Crippen molar-refractivity contribution in [2.24, 2.45) is 0 Å². The molecule has 9 heteroatoms. The summed E-state index contributed by atoms with van der Waals surface area (Å²) in [4.78, 5) is 38.0. The zero-order valence-corrected chi connectivity index (χ0v) is 16.0. The molecule has 144 valence electrons. The van der Waals surface area contributed by atoms with Crippen LogP contribution < -0.4 is 14.2 Å². The first kappa shape index (κ1) is 19.1. The summed E-state index contributed by atoms with van der Waals surface area (Å²) in [5.41, 5.74) is 0.579. The molecule has 1 aromatic rings. The lowest BCUT2D eigenvalue weighted by molar-refractivity contribution is -0.150. The van der Waals surface area contributed by atoms with Gasteiger partial charge in [-0.1, -0.05) is 0 Å². The number of imide groups is 1. The van der Waals surface area contributed by atoms with Crippen molar-refractivity contribution in [2.75, 3.05) is 20.0 Å². The number of thioether (sulfide) groups is 1. The number of amides is 2. The molecule has 0 spiro atoms. The minimum Gasteiger partial charge on any atom is -0.493 e. The van der Waals surface area contributed by atoms with Crippen molar-refractivity contribution in [3.63, 3.8) is 0 Å². The van der Waals surface area contributed by atoms with Gasteiger partial charge < -0.3 is 18.9 Å². The summed E-state index contributed by atoms with van der Waals surface area (Å²) in [6, 6.07) is 2.38. The largest absolute Gasteiger partial charge is 0.493 e. The smallest absolute Gasteiger partial charge is 0.329 e. The van der Waals surface area contributed by atoms with E-state index in [1.807, 2.05) is 6.92 Å². The lowest BCUT2D eigenvalue weighted by Gasteiger charge is -2.19. The average molecular weight is 393 g/mol. The maximum atomic E-state index is 12.7. The second kappa shape index (κ2) is 7.91. The quantitative estimate of drug-likeness (QED) is 0.538. The van der Waals surface area contributed by atoms with Gasteiger partial charge in [-0.2, -0.15) is 0 Å². The summed E-state index contributed by atoms with van der Waals surface area (Å²) in [7, 11) is 0. The van der Waals surface area contributed by atoms with E-state index in [-0.39, 0.29) is 18.3 Å². The van der Waals surface area contributed by atoms with Crippen LogP contribution in [0.5, 0.6) is 17.2 Å². The third-order valence-electron chi connectivity index (χ3n) is 3.93. The zero-order valence-electron chi connectivity index (χ0n) is 15.1. The molecule has 0 radical (unpaired) electrons. The van der Waals surface area contributed by atoms with Crippen LogP contribution in [-0.4, -0.2) is 48.1 Å². The first-order valence-electron chi connectivity index (χ1n) is 8.46. The first-order valence-corrected chi connectivity index (χ1v) is 9.28. The fourth-order valence-electron chi connectivity index (χ4n) is 2.66. The summed E-state index contributed by atoms with van der Waals surface area (Å²) >= 11 is 0.764. The molecule has 2 aliphatic rings. The molecule has 1 fully saturated rings. The number of hydrogen-bond donors (Lipinski definition) is 0. The van der Waals surface area contributed by atoms with E-state index in [4.69, 9.17) is 18.9 Å². The minimum atomic E-state index is -0.994. The van der Waals surface area contributed by atoms with E-state index in [1.54, 1.807) is 25.1 Å². The predicted octanol–water partition coefficient (Wildman–Crippen LogP) is 2.80. The number of ether oxygens (including phenoxy) is 4. The highest BCUT2D eigenvalue weighted by Crippen LogP contribution is 2.41. The van der Waals surface area contributed by atoms with Crippen molar-refractivity contribution < 1.29 is 33.3 Å². The van der Waals surface area contributed by atoms with Gasteiger partial charge >= 0.3 is 5.97 Å². The van der Waals surface area contributed by atoms with Crippen LogP contribution in [0.4, 0.5) is 4.79 Å². The summed E-state index contributed by atoms with van der Waals surface area (Å²) in [5, 5.41) is -0.523. The SMILES string of the molecule is CCOC(=O)C(C)N1C(=O)S/C(=C\c2cc3c(cc2OCC)OCO3)C1=O. The second-order valence-electron chi connectivity index (χ2n) is 5.66. The molecule has 2 aliphatic heterocycles. The molecule has 0 aromatic heterocycles. The third-order valence-corrected chi connectivity index (χ3v) is 4.81. The maximum absolute atomic E-state index is 12.7. The number of esters is 1. The number of rotatable bonds is 6. The molecule has 0 N–H and O–H groups in total. The van der Waals surface area contributed by atoms with Crippen molar-refractivity contribution in [1.82, 2.24) is 4.90 Å². The summed E-state index contributed by atoms with van der Waals surface area (Å²) < 4.78 is 21.2. The van der Waals surface area contributed by atoms with Crippen molar-refractivity contribution in [3.8, 4) is 17.2 Å². The molecule has 8 nitrogen and oxygen atoms in total. The van der Waals surface area contributed by atoms with E-state index in [0.29, 0.717) is 29.4 Å². The molecule has 2 amide bonds. The van der Waals surface area contributed by atoms with Gasteiger partial charge in [0.1, 0.15) is 11.8 Å². The lowest BCUT2D eigenvalue weighted by atomic mass is 10.1. The van der Waals surface area contributed by atoms with Crippen molar-refractivity contribution in [2.45, 2.75) is 26.8 Å². The Kier molecular flexibility index (Phi) is 5.59. The molecule has 1 atom stereocenters. The Bertz CT molecular complexity index is 820. The molecule has 0 saturated carbocycles. The summed E-state index contributed by atoms with van der Waals surface area (Å²) in [6.45, 7) is 5.66. The fourth-order valence-corrected chi connectivity index (χ4v) is 3.55. The third kappa shape index (κ3) is 3.73. The summed E-state index contributed by atoms with van der Waals surface area (Å²) in [6.07, 6.45) is 1.55. The minimum absolute atomic E-state index is 0.109. The predicted molar refractivity (Wildman–Crippen MR) is 97.6 cm³/mol. The monoisotopic (exact) mass is 393 g/mol. The molecular weight excluding hydrogens is 374 g/mol. The van der Waals surface area contributed by atoms with Gasteiger partial charge in [0.25, 0.3) is 11.1 Å². The molecule has 0 bridgehead atoms. The second-order valence-corrected chi connectivity index (χ2v) is 6.65. The van der Waals surface area contributed by atoms with E-state index < -0.39 is 23.2 Å². The molecule has 27 heavy (non-hydrogen) atoms. The van der Waals surface area contributed by atoms with Gasteiger partial charge in [0, 0.05) is 11.6 Å². The van der Waals surface area contributed by atoms with Gasteiger partial charge in [0.15, 0.2) is 11.5 Å². The van der Waals surface area contributed by atoms with Crippen molar-refractivity contribution in [3.05, 3.63) is 22.6 Å². The van der Waals surface area contributed by atoms with Crippen LogP contribution in [0.3, 0.4) is 0 Å². The fraction of sp³-hybridized carbons (Fsp3) is 0.389. The number of carbonyl (C=O) groups excluding carboxylic acids is 3. The van der Waals surface area contributed by atoms with Crippen LogP contribution in [0.15, 0.2) is 17.0 Å². The molecule has 1 aromatic carbocycles. The van der Waals surface area contributed by atoms with E-state index in [1.165, 1.54) is 6.92 Å². The molecule has 3 rings (SSSR count). The Morgan fingerprint density at radius 3 is 2.63 bits per heavy atom. The van der Waals surface area contributed by atoms with Gasteiger partial charge in [0.05, 0.1) is 18.1 Å². The zero-order chi connectivity index (χ0) is 19.6. The number of fused-ring (bicyclic) bond motifs is 1. The van der Waals surface area contributed by atoms with Crippen LogP contribution in [-0.2, 0) is 14.3 Å². The van der Waals surface area contributed by atoms with Crippen LogP contribution >= 0.6 is 11.8 Å². The molecule has 2 heterocycles. The molecule has 1 unspecified atom stereocenters. The number of nitrogens with zero attached hydrogens (tertiary/aromatic N) is 1. The topological polar surface area (TPSA) is 91.4 Å². The molecule has 1 saturated heterocycles. The number of hydrogen-bond acceptors (Lipinski definition) is 8. The Balaban J connectivity index is 1.91. The first-order chi connectivity index (χ1) is 13.0. The van der Waals surface area contributed by atoms with E-state index in [2.05, 4.69) is 0 Å². The van der Waals surface area contributed by atoms with E-state index in [0.717, 1.165) is 16.7 Å². The highest BCUT2D eigenvalue weighted by Gasteiger charge is 2.41. The Morgan fingerprint density at radius 1 is 1.26 bits per heavy atom. The van der Waals surface area contributed by atoms with E-state index in [9.17, 15) is 14.4 Å². The Morgan fingerprint density at radius 2 is 1.96 bits per heavy atom. The van der Waals surface area contributed by atoms with Gasteiger partial charge in [-0.3, -0.25) is 14.5 Å². The van der Waals surface area contributed by atoms with Crippen LogP contribution in [0.1, 0.15) is 26.3 Å². The van der Waals surface area contributed by atoms with E-state index >= 15 is 0 Å². The van der Waals surface area contributed by atoms with Crippen molar-refractivity contribution in [1.29, 1.82) is 0 Å². The van der Waals surface area contributed by atoms with Gasteiger partial charge in [-0.15, -0.1) is 0 Å². The Hall–Kier alpha value is -2.68. The number of carbonyl (C=O) groups is 3. The van der Waals surface area contributed by atoms with Crippen LogP contribution in [0.2, 0.25) is 0 Å².